The molecule has 1 aliphatic rings. The minimum Gasteiger partial charge on any atom is -0.409 e. The van der Waals surface area contributed by atoms with E-state index >= 15 is 0 Å². The van der Waals surface area contributed by atoms with Crippen molar-refractivity contribution in [3.05, 3.63) is 53.6 Å². The first kappa shape index (κ1) is 14.5. The first-order chi connectivity index (χ1) is 10.7. The molecule has 2 aromatic carbocycles. The van der Waals surface area contributed by atoms with Crippen molar-refractivity contribution in [1.29, 1.82) is 0 Å². The van der Waals surface area contributed by atoms with E-state index in [0.717, 1.165) is 15.5 Å². The summed E-state index contributed by atoms with van der Waals surface area (Å²) >= 11 is 1.55. The SMILES string of the molecule is CCN1C(=O)c2ccccc2Sc2ccc(/C(N)=N\O)cc21. The zero-order valence-electron chi connectivity index (χ0n) is 12.0. The Labute approximate surface area is 132 Å². The molecule has 0 atom stereocenters. The Bertz CT molecular complexity index is 774. The molecule has 6 heteroatoms. The number of hydrogen-bond donors (Lipinski definition) is 2. The lowest BCUT2D eigenvalue weighted by Crippen LogP contribution is -2.30. The highest BCUT2D eigenvalue weighted by atomic mass is 32.2. The van der Waals surface area contributed by atoms with Crippen LogP contribution in [0.2, 0.25) is 0 Å². The topological polar surface area (TPSA) is 78.9 Å². The van der Waals surface area contributed by atoms with Crippen LogP contribution < -0.4 is 10.6 Å². The largest absolute Gasteiger partial charge is 0.409 e. The van der Waals surface area contributed by atoms with E-state index in [1.165, 1.54) is 0 Å². The molecule has 0 unspecified atom stereocenters. The Morgan fingerprint density at radius 2 is 2.05 bits per heavy atom. The number of fused-ring (bicyclic) bond motifs is 2. The van der Waals surface area contributed by atoms with Crippen molar-refractivity contribution in [2.75, 3.05) is 11.4 Å². The fraction of sp³-hybridized carbons (Fsp3) is 0.125. The van der Waals surface area contributed by atoms with Crippen molar-refractivity contribution in [1.82, 2.24) is 0 Å². The third-order valence-electron chi connectivity index (χ3n) is 3.55. The number of nitrogens with zero attached hydrogens (tertiary/aromatic N) is 2. The highest BCUT2D eigenvalue weighted by Gasteiger charge is 2.26. The van der Waals surface area contributed by atoms with Crippen LogP contribution in [0.3, 0.4) is 0 Å². The van der Waals surface area contributed by atoms with Gasteiger partial charge in [0.25, 0.3) is 5.91 Å². The van der Waals surface area contributed by atoms with E-state index in [0.29, 0.717) is 17.7 Å². The molecule has 0 aliphatic carbocycles. The molecular formula is C16H15N3O2S. The Morgan fingerprint density at radius 3 is 2.77 bits per heavy atom. The Morgan fingerprint density at radius 1 is 1.27 bits per heavy atom. The first-order valence-corrected chi connectivity index (χ1v) is 7.68. The minimum absolute atomic E-state index is 0.0260. The summed E-state index contributed by atoms with van der Waals surface area (Å²) in [6.07, 6.45) is 0. The lowest BCUT2D eigenvalue weighted by molar-refractivity contribution is 0.0985. The molecule has 0 saturated heterocycles. The number of hydrogen-bond acceptors (Lipinski definition) is 4. The van der Waals surface area contributed by atoms with Gasteiger partial charge in [0.05, 0.1) is 11.3 Å². The number of amides is 1. The average Bonchev–Trinajstić information content (AvgIpc) is 2.67. The second kappa shape index (κ2) is 5.73. The van der Waals surface area contributed by atoms with Gasteiger partial charge in [0.1, 0.15) is 0 Å². The summed E-state index contributed by atoms with van der Waals surface area (Å²) in [6, 6.07) is 13.0. The lowest BCUT2D eigenvalue weighted by atomic mass is 10.1. The molecule has 112 valence electrons. The molecule has 0 radical (unpaired) electrons. The van der Waals surface area contributed by atoms with Crippen molar-refractivity contribution < 1.29 is 10.0 Å². The van der Waals surface area contributed by atoms with Crippen LogP contribution in [0.4, 0.5) is 5.69 Å². The van der Waals surface area contributed by atoms with E-state index in [9.17, 15) is 4.79 Å². The number of rotatable bonds is 2. The van der Waals surface area contributed by atoms with Gasteiger partial charge in [-0.15, -0.1) is 0 Å². The Kier molecular flexibility index (Phi) is 3.77. The van der Waals surface area contributed by atoms with E-state index in [1.807, 2.05) is 37.3 Å². The minimum atomic E-state index is -0.0407. The summed E-state index contributed by atoms with van der Waals surface area (Å²) in [7, 11) is 0. The van der Waals surface area contributed by atoms with Gasteiger partial charge < -0.3 is 15.8 Å². The fourth-order valence-corrected chi connectivity index (χ4v) is 3.51. The molecular weight excluding hydrogens is 298 g/mol. The normalized spacial score (nSPS) is 14.3. The van der Waals surface area contributed by atoms with Gasteiger partial charge >= 0.3 is 0 Å². The van der Waals surface area contributed by atoms with Gasteiger partial charge in [0.15, 0.2) is 5.84 Å². The van der Waals surface area contributed by atoms with Crippen molar-refractivity contribution >= 4 is 29.2 Å². The van der Waals surface area contributed by atoms with Crippen LogP contribution in [-0.4, -0.2) is 23.5 Å². The van der Waals surface area contributed by atoms with Crippen LogP contribution in [-0.2, 0) is 0 Å². The first-order valence-electron chi connectivity index (χ1n) is 6.86. The Hall–Kier alpha value is -2.47. The molecule has 0 aromatic heterocycles. The van der Waals surface area contributed by atoms with Gasteiger partial charge in [-0.2, -0.15) is 0 Å². The second-order valence-electron chi connectivity index (χ2n) is 4.82. The van der Waals surface area contributed by atoms with Crippen LogP contribution in [0.25, 0.3) is 0 Å². The van der Waals surface area contributed by atoms with Gasteiger partial charge in [-0.05, 0) is 37.3 Å². The number of nitrogens with two attached hydrogens (primary N) is 1. The van der Waals surface area contributed by atoms with Crippen molar-refractivity contribution in [2.24, 2.45) is 10.9 Å². The maximum Gasteiger partial charge on any atom is 0.259 e. The number of amidine groups is 1. The van der Waals surface area contributed by atoms with Gasteiger partial charge in [-0.3, -0.25) is 4.79 Å². The molecule has 3 rings (SSSR count). The number of carbonyl (C=O) groups excluding carboxylic acids is 1. The molecule has 0 bridgehead atoms. The zero-order valence-corrected chi connectivity index (χ0v) is 12.8. The summed E-state index contributed by atoms with van der Waals surface area (Å²) in [5.74, 6) is -0.0147. The van der Waals surface area contributed by atoms with Gasteiger partial charge in [-0.1, -0.05) is 29.1 Å². The third kappa shape index (κ3) is 2.31. The van der Waals surface area contributed by atoms with Gasteiger partial charge in [0.2, 0.25) is 0 Å². The van der Waals surface area contributed by atoms with Crippen LogP contribution in [0.1, 0.15) is 22.8 Å². The monoisotopic (exact) mass is 313 g/mol. The van der Waals surface area contributed by atoms with Gasteiger partial charge in [0, 0.05) is 21.9 Å². The highest BCUT2D eigenvalue weighted by molar-refractivity contribution is 7.99. The van der Waals surface area contributed by atoms with E-state index in [-0.39, 0.29) is 11.7 Å². The van der Waals surface area contributed by atoms with E-state index in [1.54, 1.807) is 28.8 Å². The van der Waals surface area contributed by atoms with Crippen LogP contribution in [0.15, 0.2) is 57.4 Å². The standard InChI is InChI=1S/C16H15N3O2S/c1-2-19-12-9-10(15(17)18-21)7-8-14(12)22-13-6-4-3-5-11(13)16(19)20/h3-9,21H,2H2,1H3,(H2,17,18). The summed E-state index contributed by atoms with van der Waals surface area (Å²) in [5.41, 5.74) is 7.71. The summed E-state index contributed by atoms with van der Waals surface area (Å²) in [6.45, 7) is 2.47. The van der Waals surface area contributed by atoms with Gasteiger partial charge in [-0.25, -0.2) is 0 Å². The maximum absolute atomic E-state index is 12.8. The molecule has 5 nitrogen and oxygen atoms in total. The Balaban J connectivity index is 2.19. The molecule has 0 spiro atoms. The molecule has 22 heavy (non-hydrogen) atoms. The summed E-state index contributed by atoms with van der Waals surface area (Å²) in [5, 5.41) is 11.9. The quantitative estimate of drug-likeness (QED) is 0.387. The van der Waals surface area contributed by atoms with Crippen molar-refractivity contribution in [2.45, 2.75) is 16.7 Å². The highest BCUT2D eigenvalue weighted by Crippen LogP contribution is 2.41. The number of carbonyl (C=O) groups is 1. The van der Waals surface area contributed by atoms with Crippen molar-refractivity contribution in [3.8, 4) is 0 Å². The number of oxime groups is 1. The maximum atomic E-state index is 12.8. The van der Waals surface area contributed by atoms with Crippen molar-refractivity contribution in [3.63, 3.8) is 0 Å². The molecule has 0 saturated carbocycles. The number of benzene rings is 2. The smallest absolute Gasteiger partial charge is 0.259 e. The van der Waals surface area contributed by atoms with E-state index in [4.69, 9.17) is 10.9 Å². The molecule has 2 aromatic rings. The summed E-state index contributed by atoms with van der Waals surface area (Å²) < 4.78 is 0. The molecule has 0 fully saturated rings. The molecule has 1 aliphatic heterocycles. The number of anilines is 1. The van der Waals surface area contributed by atoms with Crippen LogP contribution in [0, 0.1) is 0 Å². The molecule has 1 amide bonds. The summed E-state index contributed by atoms with van der Waals surface area (Å²) in [4.78, 5) is 16.4. The zero-order chi connectivity index (χ0) is 15.7. The second-order valence-corrected chi connectivity index (χ2v) is 5.90. The van der Waals surface area contributed by atoms with Crippen LogP contribution in [0.5, 0.6) is 0 Å². The predicted octanol–water partition coefficient (Wildman–Crippen LogP) is 2.91. The van der Waals surface area contributed by atoms with E-state index < -0.39 is 0 Å². The third-order valence-corrected chi connectivity index (χ3v) is 4.69. The van der Waals surface area contributed by atoms with E-state index in [2.05, 4.69) is 5.16 Å². The molecule has 1 heterocycles. The predicted molar refractivity (Wildman–Crippen MR) is 86.9 cm³/mol. The lowest BCUT2D eigenvalue weighted by Gasteiger charge is -2.21. The van der Waals surface area contributed by atoms with Crippen LogP contribution >= 0.6 is 11.8 Å². The average molecular weight is 313 g/mol. The fourth-order valence-electron chi connectivity index (χ4n) is 2.45. The molecule has 3 N–H and O–H groups in total.